The number of ether oxygens (including phenoxy) is 2. The molecule has 3 unspecified atom stereocenters. The van der Waals surface area contributed by atoms with Crippen molar-refractivity contribution in [2.45, 2.75) is 37.1 Å². The van der Waals surface area contributed by atoms with Gasteiger partial charge in [0.1, 0.15) is 22.6 Å². The van der Waals surface area contributed by atoms with Crippen molar-refractivity contribution in [1.29, 1.82) is 0 Å². The van der Waals surface area contributed by atoms with Gasteiger partial charge in [-0.3, -0.25) is 0 Å². The minimum atomic E-state index is -0.728. The summed E-state index contributed by atoms with van der Waals surface area (Å²) < 4.78 is 12.2. The summed E-state index contributed by atoms with van der Waals surface area (Å²) in [6.07, 6.45) is 10.7. The smallest absolute Gasteiger partial charge is 0.221 e. The van der Waals surface area contributed by atoms with Crippen LogP contribution in [0, 0.1) is 0 Å². The van der Waals surface area contributed by atoms with Gasteiger partial charge in [-0.25, -0.2) is 9.97 Å². The van der Waals surface area contributed by atoms with Crippen LogP contribution in [0.15, 0.2) is 66.6 Å². The number of nitrogens with two attached hydrogens (primary N) is 2. The summed E-state index contributed by atoms with van der Waals surface area (Å²) in [4.78, 5) is 15.0. The maximum absolute atomic E-state index is 6.20. The minimum Gasteiger partial charge on any atom is -0.383 e. The van der Waals surface area contributed by atoms with Gasteiger partial charge in [0.15, 0.2) is 0 Å². The summed E-state index contributed by atoms with van der Waals surface area (Å²) in [5.41, 5.74) is 16.5. The van der Waals surface area contributed by atoms with Gasteiger partial charge in [-0.05, 0) is 36.1 Å². The maximum atomic E-state index is 6.20. The monoisotopic (exact) mass is 504 g/mol. The largest absolute Gasteiger partial charge is 0.383 e. The average molecular weight is 505 g/mol. The molecule has 3 heterocycles. The van der Waals surface area contributed by atoms with E-state index in [-0.39, 0.29) is 18.2 Å². The highest BCUT2D eigenvalue weighted by molar-refractivity contribution is 6.29. The van der Waals surface area contributed by atoms with Gasteiger partial charge >= 0.3 is 0 Å². The third-order valence-electron chi connectivity index (χ3n) is 7.04. The topological polar surface area (TPSA) is 112 Å². The van der Waals surface area contributed by atoms with E-state index in [9.17, 15) is 0 Å². The average Bonchev–Trinajstić information content (AvgIpc) is 2.89. The zero-order chi connectivity index (χ0) is 25.3. The lowest BCUT2D eigenvalue weighted by molar-refractivity contribution is -0.107. The second-order valence-corrected chi connectivity index (χ2v) is 9.48. The molecular weight excluding hydrogens is 476 g/mol. The summed E-state index contributed by atoms with van der Waals surface area (Å²) in [5, 5.41) is 0.428. The van der Waals surface area contributed by atoms with Crippen molar-refractivity contribution in [2.75, 3.05) is 25.7 Å². The van der Waals surface area contributed by atoms with Gasteiger partial charge in [-0.2, -0.15) is 4.98 Å². The van der Waals surface area contributed by atoms with E-state index >= 15 is 0 Å². The lowest BCUT2D eigenvalue weighted by Gasteiger charge is -2.52. The number of rotatable bonds is 6. The summed E-state index contributed by atoms with van der Waals surface area (Å²) in [5.74, 6) is 0.526. The van der Waals surface area contributed by atoms with E-state index in [0.717, 1.165) is 16.7 Å². The first kappa shape index (κ1) is 24.2. The first-order valence-electron chi connectivity index (χ1n) is 11.7. The number of benzene rings is 1. The van der Waals surface area contributed by atoms with Gasteiger partial charge < -0.3 is 25.8 Å². The Kier molecular flexibility index (Phi) is 6.66. The number of pyridine rings is 1. The zero-order valence-corrected chi connectivity index (χ0v) is 21.0. The molecule has 0 fully saturated rings. The number of halogens is 1. The number of anilines is 2. The lowest BCUT2D eigenvalue weighted by Crippen LogP contribution is -2.58. The van der Waals surface area contributed by atoms with Crippen molar-refractivity contribution in [3.63, 3.8) is 0 Å². The molecule has 0 amide bonds. The Morgan fingerprint density at radius 3 is 2.64 bits per heavy atom. The minimum absolute atomic E-state index is 0.154. The third-order valence-corrected chi connectivity index (χ3v) is 7.27. The first-order valence-corrected chi connectivity index (χ1v) is 12.1. The Bertz CT molecular complexity index is 1310. The van der Waals surface area contributed by atoms with Crippen molar-refractivity contribution >= 4 is 29.4 Å². The number of nitrogens with zero attached hydrogens (tertiary/aromatic N) is 4. The second-order valence-electron chi connectivity index (χ2n) is 9.09. The number of aromatic nitrogens is 3. The van der Waals surface area contributed by atoms with E-state index in [4.69, 9.17) is 32.5 Å². The van der Waals surface area contributed by atoms with Crippen molar-refractivity contribution in [1.82, 2.24) is 19.9 Å². The maximum Gasteiger partial charge on any atom is 0.221 e. The fourth-order valence-electron chi connectivity index (χ4n) is 5.35. The van der Waals surface area contributed by atoms with Crippen LogP contribution in [0.5, 0.6) is 0 Å². The standard InChI is InChI=1S/C27H29ClN6O2/c1-35-22-12-17(11-20-14-32-26(30)33-25(20)29)13-27(24(22)36-2,21-7-8-23(28)31-15-21)34-10-9-18-5-3-4-6-19(18)16-34/h3-10,13-15,22,24H,11-12,16H2,1-2H3,(H4,29,30,32,33). The van der Waals surface area contributed by atoms with Crippen LogP contribution in [0.25, 0.3) is 6.08 Å². The molecule has 0 bridgehead atoms. The van der Waals surface area contributed by atoms with E-state index in [1.54, 1.807) is 20.4 Å². The summed E-state index contributed by atoms with van der Waals surface area (Å²) in [6, 6.07) is 12.2. The van der Waals surface area contributed by atoms with Crippen LogP contribution < -0.4 is 11.5 Å². The number of nitrogen functional groups attached to an aromatic ring is 2. The Labute approximate surface area is 215 Å². The van der Waals surface area contributed by atoms with E-state index in [1.807, 2.05) is 24.4 Å². The van der Waals surface area contributed by atoms with Crippen molar-refractivity contribution in [2.24, 2.45) is 0 Å². The molecule has 36 heavy (non-hydrogen) atoms. The summed E-state index contributed by atoms with van der Waals surface area (Å²) >= 11 is 6.19. The molecule has 1 aliphatic carbocycles. The number of hydrogen-bond acceptors (Lipinski definition) is 8. The molecule has 0 saturated heterocycles. The SMILES string of the molecule is COC1CC(Cc2cnc(N)nc2N)=CC(c2ccc(Cl)nc2)(N2C=Cc3ccccc3C2)C1OC. The Balaban J connectivity index is 1.68. The summed E-state index contributed by atoms with van der Waals surface area (Å²) in [7, 11) is 3.44. The van der Waals surface area contributed by atoms with Crippen LogP contribution in [-0.4, -0.2) is 46.3 Å². The van der Waals surface area contributed by atoms with Crippen molar-refractivity contribution < 1.29 is 9.47 Å². The molecule has 3 aromatic rings. The molecular formula is C27H29ClN6O2. The highest BCUT2D eigenvalue weighted by Gasteiger charge is 2.51. The van der Waals surface area contributed by atoms with Gasteiger partial charge in [0.05, 0.1) is 6.10 Å². The van der Waals surface area contributed by atoms with E-state index in [1.165, 1.54) is 11.1 Å². The number of fused-ring (bicyclic) bond motifs is 1. The molecule has 2 aliphatic rings. The number of methoxy groups -OCH3 is 2. The van der Waals surface area contributed by atoms with Crippen LogP contribution in [0.4, 0.5) is 11.8 Å². The van der Waals surface area contributed by atoms with E-state index in [2.05, 4.69) is 56.4 Å². The molecule has 8 nitrogen and oxygen atoms in total. The van der Waals surface area contributed by atoms with Gasteiger partial charge in [0.25, 0.3) is 0 Å². The Morgan fingerprint density at radius 2 is 1.92 bits per heavy atom. The van der Waals surface area contributed by atoms with Gasteiger partial charge in [0, 0.05) is 50.5 Å². The van der Waals surface area contributed by atoms with Crippen LogP contribution in [0.1, 0.15) is 28.7 Å². The predicted molar refractivity (Wildman–Crippen MR) is 141 cm³/mol. The van der Waals surface area contributed by atoms with Crippen molar-refractivity contribution in [3.8, 4) is 0 Å². The molecule has 9 heteroatoms. The van der Waals surface area contributed by atoms with E-state index < -0.39 is 5.54 Å². The molecule has 186 valence electrons. The van der Waals surface area contributed by atoms with Gasteiger partial charge in [0.2, 0.25) is 5.95 Å². The van der Waals surface area contributed by atoms with Gasteiger partial charge in [-0.1, -0.05) is 53.6 Å². The highest BCUT2D eigenvalue weighted by Crippen LogP contribution is 2.46. The third kappa shape index (κ3) is 4.32. The molecule has 5 rings (SSSR count). The molecule has 0 spiro atoms. The second kappa shape index (κ2) is 9.89. The first-order chi connectivity index (χ1) is 17.4. The van der Waals surface area contributed by atoms with Crippen LogP contribution in [0.2, 0.25) is 5.15 Å². The zero-order valence-electron chi connectivity index (χ0n) is 20.3. The van der Waals surface area contributed by atoms with Crippen molar-refractivity contribution in [3.05, 3.63) is 94.0 Å². The molecule has 2 aromatic heterocycles. The molecule has 3 atom stereocenters. The molecule has 0 saturated carbocycles. The Morgan fingerprint density at radius 1 is 1.08 bits per heavy atom. The Hall–Kier alpha value is -3.46. The number of hydrogen-bond donors (Lipinski definition) is 2. The normalized spacial score (nSPS) is 23.3. The quantitative estimate of drug-likeness (QED) is 0.383. The molecule has 4 N–H and O–H groups in total. The summed E-state index contributed by atoms with van der Waals surface area (Å²) in [6.45, 7) is 0.683. The van der Waals surface area contributed by atoms with Crippen LogP contribution in [-0.2, 0) is 28.0 Å². The van der Waals surface area contributed by atoms with Gasteiger partial charge in [-0.15, -0.1) is 0 Å². The predicted octanol–water partition coefficient (Wildman–Crippen LogP) is 3.97. The fourth-order valence-corrected chi connectivity index (χ4v) is 5.46. The molecule has 1 aliphatic heterocycles. The lowest BCUT2D eigenvalue weighted by atomic mass is 9.72. The van der Waals surface area contributed by atoms with Crippen LogP contribution >= 0.6 is 11.6 Å². The van der Waals surface area contributed by atoms with E-state index in [0.29, 0.717) is 30.4 Å². The fraction of sp³-hybridized carbons (Fsp3) is 0.296. The highest BCUT2D eigenvalue weighted by atomic mass is 35.5. The van der Waals surface area contributed by atoms with Crippen LogP contribution in [0.3, 0.4) is 0 Å². The molecule has 0 radical (unpaired) electrons. The molecule has 1 aromatic carbocycles.